The zero-order valence-electron chi connectivity index (χ0n) is 15.9. The van der Waals surface area contributed by atoms with Crippen molar-refractivity contribution in [2.24, 2.45) is 0 Å². The van der Waals surface area contributed by atoms with Crippen LogP contribution in [-0.2, 0) is 4.74 Å². The number of nitrogens with one attached hydrogen (secondary N) is 1. The molecule has 1 aromatic carbocycles. The molecule has 8 heteroatoms. The second-order valence-electron chi connectivity index (χ2n) is 6.13. The summed E-state index contributed by atoms with van der Waals surface area (Å²) in [4.78, 5) is 26.3. The van der Waals surface area contributed by atoms with Gasteiger partial charge >= 0.3 is 5.97 Å². The molecule has 0 aliphatic carbocycles. The van der Waals surface area contributed by atoms with Crippen LogP contribution in [0.25, 0.3) is 11.3 Å². The average Bonchev–Trinajstić information content (AvgIpc) is 3.16. The highest BCUT2D eigenvalue weighted by Crippen LogP contribution is 2.34. The maximum Gasteiger partial charge on any atom is 0.341 e. The minimum atomic E-state index is -0.459. The van der Waals surface area contributed by atoms with Crippen molar-refractivity contribution in [3.05, 3.63) is 56.6 Å². The molecule has 0 saturated heterocycles. The Morgan fingerprint density at radius 1 is 1.18 bits per heavy atom. The standard InChI is InChI=1S/C20H19ClN2O4S/c1-5-26-20(25)15-10(2)12(4)28-19(15)22-18(24)16-11(3)27-23-17(16)13-6-8-14(21)9-7-13/h6-9H,5H2,1-4H3,(H,22,24). The molecule has 0 aliphatic rings. The van der Waals surface area contributed by atoms with Crippen LogP contribution >= 0.6 is 22.9 Å². The minimum absolute atomic E-state index is 0.256. The summed E-state index contributed by atoms with van der Waals surface area (Å²) in [5, 5.41) is 7.88. The van der Waals surface area contributed by atoms with Gasteiger partial charge < -0.3 is 14.6 Å². The Morgan fingerprint density at radius 3 is 2.50 bits per heavy atom. The third kappa shape index (κ3) is 3.81. The predicted octanol–water partition coefficient (Wildman–Crippen LogP) is 5.41. The first kappa shape index (κ1) is 20.1. The van der Waals surface area contributed by atoms with E-state index in [1.54, 1.807) is 38.1 Å². The summed E-state index contributed by atoms with van der Waals surface area (Å²) in [6, 6.07) is 6.96. The Balaban J connectivity index is 1.97. The Labute approximate surface area is 171 Å². The SMILES string of the molecule is CCOC(=O)c1c(NC(=O)c2c(-c3ccc(Cl)cc3)noc2C)sc(C)c1C. The van der Waals surface area contributed by atoms with E-state index in [4.69, 9.17) is 20.9 Å². The number of halogens is 1. The molecule has 0 unspecified atom stereocenters. The molecule has 28 heavy (non-hydrogen) atoms. The fraction of sp³-hybridized carbons (Fsp3) is 0.250. The molecule has 0 aliphatic heterocycles. The molecule has 6 nitrogen and oxygen atoms in total. The van der Waals surface area contributed by atoms with Gasteiger partial charge in [0, 0.05) is 15.5 Å². The summed E-state index contributed by atoms with van der Waals surface area (Å²) in [6.07, 6.45) is 0. The van der Waals surface area contributed by atoms with Crippen LogP contribution in [0, 0.1) is 20.8 Å². The van der Waals surface area contributed by atoms with E-state index >= 15 is 0 Å². The second kappa shape index (κ2) is 8.16. The molecule has 0 saturated carbocycles. The summed E-state index contributed by atoms with van der Waals surface area (Å²) in [5.41, 5.74) is 2.59. The predicted molar refractivity (Wildman–Crippen MR) is 109 cm³/mol. The Morgan fingerprint density at radius 2 is 1.86 bits per heavy atom. The number of hydrogen-bond donors (Lipinski definition) is 1. The number of thiophene rings is 1. The number of benzene rings is 1. The first-order chi connectivity index (χ1) is 13.3. The van der Waals surface area contributed by atoms with Crippen LogP contribution in [0.5, 0.6) is 0 Å². The van der Waals surface area contributed by atoms with E-state index < -0.39 is 11.9 Å². The molecule has 2 aromatic heterocycles. The van der Waals surface area contributed by atoms with Crippen LogP contribution in [-0.4, -0.2) is 23.6 Å². The number of nitrogens with zero attached hydrogens (tertiary/aromatic N) is 1. The van der Waals surface area contributed by atoms with Crippen molar-refractivity contribution < 1.29 is 18.8 Å². The largest absolute Gasteiger partial charge is 0.462 e. The molecule has 2 heterocycles. The number of aryl methyl sites for hydroxylation is 2. The van der Waals surface area contributed by atoms with Crippen LogP contribution in [0.1, 0.15) is 43.8 Å². The molecule has 0 atom stereocenters. The number of carbonyl (C=O) groups is 2. The number of esters is 1. The van der Waals surface area contributed by atoms with Crippen molar-refractivity contribution in [3.8, 4) is 11.3 Å². The molecular formula is C20H19ClN2O4S. The van der Waals surface area contributed by atoms with E-state index in [1.807, 2.05) is 13.8 Å². The third-order valence-electron chi connectivity index (χ3n) is 4.30. The van der Waals surface area contributed by atoms with E-state index in [2.05, 4.69) is 10.5 Å². The summed E-state index contributed by atoms with van der Waals surface area (Å²) in [6.45, 7) is 7.38. The van der Waals surface area contributed by atoms with Crippen molar-refractivity contribution in [2.45, 2.75) is 27.7 Å². The number of rotatable bonds is 5. The lowest BCUT2D eigenvalue weighted by Crippen LogP contribution is -2.16. The van der Waals surface area contributed by atoms with Crippen molar-refractivity contribution in [2.75, 3.05) is 11.9 Å². The highest BCUT2D eigenvalue weighted by molar-refractivity contribution is 7.16. The summed E-state index contributed by atoms with van der Waals surface area (Å²) in [7, 11) is 0. The van der Waals surface area contributed by atoms with Crippen LogP contribution < -0.4 is 5.32 Å². The van der Waals surface area contributed by atoms with Crippen LogP contribution in [0.4, 0.5) is 5.00 Å². The molecule has 146 valence electrons. The summed E-state index contributed by atoms with van der Waals surface area (Å²) < 4.78 is 10.4. The van der Waals surface area contributed by atoms with Gasteiger partial charge in [0.25, 0.3) is 5.91 Å². The lowest BCUT2D eigenvalue weighted by atomic mass is 10.1. The van der Waals surface area contributed by atoms with Gasteiger partial charge in [-0.3, -0.25) is 4.79 Å². The normalized spacial score (nSPS) is 10.8. The van der Waals surface area contributed by atoms with E-state index in [0.29, 0.717) is 38.2 Å². The van der Waals surface area contributed by atoms with E-state index in [-0.39, 0.29) is 6.61 Å². The number of carbonyl (C=O) groups excluding carboxylic acids is 2. The molecule has 1 N–H and O–H groups in total. The highest BCUT2D eigenvalue weighted by Gasteiger charge is 2.26. The zero-order valence-corrected chi connectivity index (χ0v) is 17.5. The van der Waals surface area contributed by atoms with E-state index in [0.717, 1.165) is 10.4 Å². The molecular weight excluding hydrogens is 400 g/mol. The molecule has 0 fully saturated rings. The Kier molecular flexibility index (Phi) is 5.86. The third-order valence-corrected chi connectivity index (χ3v) is 5.67. The van der Waals surface area contributed by atoms with Gasteiger partial charge in [-0.2, -0.15) is 0 Å². The van der Waals surface area contributed by atoms with Crippen LogP contribution in [0.3, 0.4) is 0 Å². The summed E-state index contributed by atoms with van der Waals surface area (Å²) in [5.74, 6) is -0.486. The molecule has 3 rings (SSSR count). The van der Waals surface area contributed by atoms with E-state index in [9.17, 15) is 9.59 Å². The Hall–Kier alpha value is -2.64. The van der Waals surface area contributed by atoms with E-state index in [1.165, 1.54) is 11.3 Å². The lowest BCUT2D eigenvalue weighted by Gasteiger charge is -2.08. The van der Waals surface area contributed by atoms with Gasteiger partial charge in [-0.1, -0.05) is 28.9 Å². The van der Waals surface area contributed by atoms with Crippen molar-refractivity contribution >= 4 is 39.8 Å². The molecule has 0 bridgehead atoms. The van der Waals surface area contributed by atoms with Crippen molar-refractivity contribution in [3.63, 3.8) is 0 Å². The minimum Gasteiger partial charge on any atom is -0.462 e. The van der Waals surface area contributed by atoms with Gasteiger partial charge in [0.1, 0.15) is 22.0 Å². The molecule has 0 radical (unpaired) electrons. The van der Waals surface area contributed by atoms with Crippen LogP contribution in [0.2, 0.25) is 5.02 Å². The first-order valence-corrected chi connectivity index (χ1v) is 9.83. The average molecular weight is 419 g/mol. The Bertz CT molecular complexity index is 1040. The maximum atomic E-state index is 13.0. The number of anilines is 1. The lowest BCUT2D eigenvalue weighted by molar-refractivity contribution is 0.0527. The van der Waals surface area contributed by atoms with Crippen molar-refractivity contribution in [1.29, 1.82) is 0 Å². The van der Waals surface area contributed by atoms with Crippen molar-refractivity contribution in [1.82, 2.24) is 5.16 Å². The maximum absolute atomic E-state index is 13.0. The molecule has 1 amide bonds. The monoisotopic (exact) mass is 418 g/mol. The molecule has 3 aromatic rings. The first-order valence-electron chi connectivity index (χ1n) is 8.64. The summed E-state index contributed by atoms with van der Waals surface area (Å²) >= 11 is 7.27. The van der Waals surface area contributed by atoms with Crippen LogP contribution in [0.15, 0.2) is 28.8 Å². The topological polar surface area (TPSA) is 81.4 Å². The quantitative estimate of drug-likeness (QED) is 0.560. The van der Waals surface area contributed by atoms with Gasteiger partial charge in [0.05, 0.1) is 12.2 Å². The fourth-order valence-corrected chi connectivity index (χ4v) is 3.94. The zero-order chi connectivity index (χ0) is 20.4. The number of hydrogen-bond acceptors (Lipinski definition) is 6. The fourth-order valence-electron chi connectivity index (χ4n) is 2.77. The highest BCUT2D eigenvalue weighted by atomic mass is 35.5. The number of ether oxygens (including phenoxy) is 1. The number of amides is 1. The smallest absolute Gasteiger partial charge is 0.341 e. The second-order valence-corrected chi connectivity index (χ2v) is 7.79. The van der Waals surface area contributed by atoms with Gasteiger partial charge in [0.2, 0.25) is 0 Å². The number of aromatic nitrogens is 1. The van der Waals surface area contributed by atoms with Gasteiger partial charge in [-0.05, 0) is 45.4 Å². The van der Waals surface area contributed by atoms with Gasteiger partial charge in [-0.15, -0.1) is 11.3 Å². The van der Waals surface area contributed by atoms with Gasteiger partial charge in [0.15, 0.2) is 0 Å². The van der Waals surface area contributed by atoms with Gasteiger partial charge in [-0.25, -0.2) is 4.79 Å². The molecule has 0 spiro atoms.